The SMILES string of the molecule is CN(C(=O)c1cncnc1)c1cccc(C(F)(F)F)c1. The van der Waals surface area contributed by atoms with Crippen molar-refractivity contribution in [3.8, 4) is 0 Å². The Kier molecular flexibility index (Phi) is 3.69. The second-order valence-electron chi connectivity index (χ2n) is 4.04. The first-order chi connectivity index (χ1) is 9.39. The van der Waals surface area contributed by atoms with Gasteiger partial charge in [-0.2, -0.15) is 13.2 Å². The summed E-state index contributed by atoms with van der Waals surface area (Å²) < 4.78 is 37.9. The molecule has 0 aliphatic rings. The van der Waals surface area contributed by atoms with Crippen LogP contribution in [0.2, 0.25) is 0 Å². The molecular weight excluding hydrogens is 271 g/mol. The molecule has 0 spiro atoms. The first-order valence-electron chi connectivity index (χ1n) is 5.60. The first-order valence-corrected chi connectivity index (χ1v) is 5.60. The summed E-state index contributed by atoms with van der Waals surface area (Å²) in [7, 11) is 1.39. The van der Waals surface area contributed by atoms with Crippen LogP contribution in [0.15, 0.2) is 43.0 Å². The summed E-state index contributed by atoms with van der Waals surface area (Å²) in [6, 6.07) is 4.55. The first kappa shape index (κ1) is 14.0. The largest absolute Gasteiger partial charge is 0.416 e. The zero-order chi connectivity index (χ0) is 14.8. The van der Waals surface area contributed by atoms with Crippen molar-refractivity contribution >= 4 is 11.6 Å². The molecule has 0 bridgehead atoms. The second kappa shape index (κ2) is 5.28. The number of benzene rings is 1. The number of halogens is 3. The molecular formula is C13H10F3N3O. The lowest BCUT2D eigenvalue weighted by Gasteiger charge is -2.18. The molecule has 0 unspecified atom stereocenters. The van der Waals surface area contributed by atoms with Crippen molar-refractivity contribution in [1.29, 1.82) is 0 Å². The van der Waals surface area contributed by atoms with Crippen LogP contribution in [0.1, 0.15) is 15.9 Å². The average Bonchev–Trinajstić information content (AvgIpc) is 2.46. The maximum atomic E-state index is 12.6. The number of carbonyl (C=O) groups is 1. The second-order valence-corrected chi connectivity index (χ2v) is 4.04. The lowest BCUT2D eigenvalue weighted by atomic mass is 10.1. The summed E-state index contributed by atoms with van der Waals surface area (Å²) in [5.74, 6) is -0.482. The molecule has 0 saturated carbocycles. The molecule has 4 nitrogen and oxygen atoms in total. The van der Waals surface area contributed by atoms with Crippen LogP contribution in [-0.4, -0.2) is 22.9 Å². The van der Waals surface area contributed by atoms with Gasteiger partial charge in [-0.15, -0.1) is 0 Å². The fourth-order valence-corrected chi connectivity index (χ4v) is 1.61. The van der Waals surface area contributed by atoms with E-state index in [1.54, 1.807) is 0 Å². The predicted octanol–water partition coefficient (Wildman–Crippen LogP) is 2.77. The van der Waals surface area contributed by atoms with E-state index in [1.807, 2.05) is 0 Å². The van der Waals surface area contributed by atoms with E-state index in [0.29, 0.717) is 0 Å². The van der Waals surface area contributed by atoms with Gasteiger partial charge in [-0.25, -0.2) is 9.97 Å². The van der Waals surface area contributed by atoms with E-state index in [9.17, 15) is 18.0 Å². The minimum atomic E-state index is -4.45. The molecule has 1 aromatic heterocycles. The average molecular weight is 281 g/mol. The van der Waals surface area contributed by atoms with Crippen LogP contribution >= 0.6 is 0 Å². The summed E-state index contributed by atoms with van der Waals surface area (Å²) in [6.07, 6.45) is -0.574. The fraction of sp³-hybridized carbons (Fsp3) is 0.154. The van der Waals surface area contributed by atoms with Gasteiger partial charge in [-0.3, -0.25) is 4.79 Å². The monoisotopic (exact) mass is 281 g/mol. The Morgan fingerprint density at radius 2 is 1.85 bits per heavy atom. The number of anilines is 1. The van der Waals surface area contributed by atoms with Gasteiger partial charge in [0.1, 0.15) is 6.33 Å². The normalized spacial score (nSPS) is 11.2. The van der Waals surface area contributed by atoms with Crippen molar-refractivity contribution < 1.29 is 18.0 Å². The molecule has 7 heteroatoms. The molecule has 0 atom stereocenters. The highest BCUT2D eigenvalue weighted by Crippen LogP contribution is 2.31. The Morgan fingerprint density at radius 1 is 1.20 bits per heavy atom. The topological polar surface area (TPSA) is 46.1 Å². The molecule has 0 radical (unpaired) electrons. The molecule has 0 fully saturated rings. The Morgan fingerprint density at radius 3 is 2.45 bits per heavy atom. The summed E-state index contributed by atoms with van der Waals surface area (Å²) in [5, 5.41) is 0. The molecule has 20 heavy (non-hydrogen) atoms. The zero-order valence-corrected chi connectivity index (χ0v) is 10.4. The maximum absolute atomic E-state index is 12.6. The smallest absolute Gasteiger partial charge is 0.311 e. The third-order valence-electron chi connectivity index (χ3n) is 2.67. The van der Waals surface area contributed by atoms with Crippen LogP contribution < -0.4 is 4.90 Å². The molecule has 0 N–H and O–H groups in total. The summed E-state index contributed by atoms with van der Waals surface area (Å²) in [5.41, 5.74) is -0.458. The number of hydrogen-bond acceptors (Lipinski definition) is 3. The summed E-state index contributed by atoms with van der Waals surface area (Å²) in [6.45, 7) is 0. The molecule has 2 aromatic rings. The molecule has 0 aliphatic carbocycles. The third-order valence-corrected chi connectivity index (χ3v) is 2.67. The number of aromatic nitrogens is 2. The highest BCUT2D eigenvalue weighted by atomic mass is 19.4. The molecule has 1 amide bonds. The number of nitrogens with zero attached hydrogens (tertiary/aromatic N) is 3. The Bertz CT molecular complexity index is 614. The van der Waals surface area contributed by atoms with Crippen LogP contribution in [0.25, 0.3) is 0 Å². The Labute approximate surface area is 112 Å². The van der Waals surface area contributed by atoms with E-state index in [4.69, 9.17) is 0 Å². The van der Waals surface area contributed by atoms with E-state index < -0.39 is 17.6 Å². The van der Waals surface area contributed by atoms with Gasteiger partial charge in [-0.1, -0.05) is 6.07 Å². The van der Waals surface area contributed by atoms with Crippen LogP contribution in [0, 0.1) is 0 Å². The van der Waals surface area contributed by atoms with E-state index in [0.717, 1.165) is 17.0 Å². The van der Waals surface area contributed by atoms with Gasteiger partial charge in [0.25, 0.3) is 5.91 Å². The molecule has 2 rings (SSSR count). The van der Waals surface area contributed by atoms with Gasteiger partial charge in [0.15, 0.2) is 0 Å². The molecule has 104 valence electrons. The van der Waals surface area contributed by atoms with Gasteiger partial charge < -0.3 is 4.90 Å². The van der Waals surface area contributed by atoms with Crippen LogP contribution in [-0.2, 0) is 6.18 Å². The number of hydrogen-bond donors (Lipinski definition) is 0. The standard InChI is InChI=1S/C13H10F3N3O/c1-19(12(20)9-6-17-8-18-7-9)11-4-2-3-10(5-11)13(14,15)16/h2-8H,1H3. The van der Waals surface area contributed by atoms with Crippen LogP contribution in [0.3, 0.4) is 0 Å². The van der Waals surface area contributed by atoms with E-state index in [-0.39, 0.29) is 11.3 Å². The highest BCUT2D eigenvalue weighted by Gasteiger charge is 2.31. The van der Waals surface area contributed by atoms with Crippen molar-refractivity contribution in [1.82, 2.24) is 9.97 Å². The predicted molar refractivity (Wildman–Crippen MR) is 66.2 cm³/mol. The lowest BCUT2D eigenvalue weighted by Crippen LogP contribution is -2.26. The molecule has 1 heterocycles. The van der Waals surface area contributed by atoms with E-state index >= 15 is 0 Å². The Hall–Kier alpha value is -2.44. The summed E-state index contributed by atoms with van der Waals surface area (Å²) in [4.78, 5) is 20.6. The number of amides is 1. The van der Waals surface area contributed by atoms with Crippen molar-refractivity contribution in [2.45, 2.75) is 6.18 Å². The van der Waals surface area contributed by atoms with E-state index in [2.05, 4.69) is 9.97 Å². The van der Waals surface area contributed by atoms with Crippen molar-refractivity contribution in [3.05, 3.63) is 54.1 Å². The lowest BCUT2D eigenvalue weighted by molar-refractivity contribution is -0.137. The van der Waals surface area contributed by atoms with Gasteiger partial charge in [0.2, 0.25) is 0 Å². The summed E-state index contributed by atoms with van der Waals surface area (Å²) >= 11 is 0. The third kappa shape index (κ3) is 2.93. The molecule has 0 aliphatic heterocycles. The van der Waals surface area contributed by atoms with Gasteiger partial charge in [0.05, 0.1) is 11.1 Å². The van der Waals surface area contributed by atoms with Crippen molar-refractivity contribution in [2.75, 3.05) is 11.9 Å². The van der Waals surface area contributed by atoms with E-state index in [1.165, 1.54) is 37.9 Å². The van der Waals surface area contributed by atoms with Gasteiger partial charge in [0, 0.05) is 25.1 Å². The molecule has 1 aromatic carbocycles. The maximum Gasteiger partial charge on any atom is 0.416 e. The minimum Gasteiger partial charge on any atom is -0.311 e. The van der Waals surface area contributed by atoms with Crippen molar-refractivity contribution in [2.24, 2.45) is 0 Å². The van der Waals surface area contributed by atoms with Gasteiger partial charge >= 0.3 is 6.18 Å². The van der Waals surface area contributed by atoms with Crippen LogP contribution in [0.4, 0.5) is 18.9 Å². The number of carbonyl (C=O) groups excluding carboxylic acids is 1. The minimum absolute atomic E-state index is 0.147. The Balaban J connectivity index is 2.30. The highest BCUT2D eigenvalue weighted by molar-refractivity contribution is 6.05. The quantitative estimate of drug-likeness (QED) is 0.850. The number of alkyl halides is 3. The zero-order valence-electron chi connectivity index (χ0n) is 10.4. The molecule has 0 saturated heterocycles. The van der Waals surface area contributed by atoms with Crippen molar-refractivity contribution in [3.63, 3.8) is 0 Å². The van der Waals surface area contributed by atoms with Crippen LogP contribution in [0.5, 0.6) is 0 Å². The number of rotatable bonds is 2. The fourth-order valence-electron chi connectivity index (χ4n) is 1.61. The van der Waals surface area contributed by atoms with Gasteiger partial charge in [-0.05, 0) is 18.2 Å².